The molecule has 2 heterocycles. The van der Waals surface area contributed by atoms with Gasteiger partial charge in [-0.05, 0) is 62.6 Å². The van der Waals surface area contributed by atoms with E-state index >= 15 is 4.39 Å². The lowest BCUT2D eigenvalue weighted by Crippen LogP contribution is -2.58. The number of ether oxygens (including phenoxy) is 1. The number of rotatable bonds is 4. The van der Waals surface area contributed by atoms with Crippen LogP contribution >= 0.6 is 23.2 Å². The number of cyclic esters (lactones) is 1. The van der Waals surface area contributed by atoms with Gasteiger partial charge in [-0.1, -0.05) is 56.1 Å². The van der Waals surface area contributed by atoms with E-state index in [4.69, 9.17) is 27.9 Å². The van der Waals surface area contributed by atoms with Crippen molar-refractivity contribution in [2.45, 2.75) is 70.3 Å². The molecule has 0 amide bonds. The molecule has 0 saturated carbocycles. The number of carbonyl (C=O) groups excluding carboxylic acids is 1. The summed E-state index contributed by atoms with van der Waals surface area (Å²) in [5, 5.41) is 3.64. The van der Waals surface area contributed by atoms with Gasteiger partial charge >= 0.3 is 5.97 Å². The highest BCUT2D eigenvalue weighted by Crippen LogP contribution is 2.59. The minimum Gasteiger partial charge on any atom is -0.443 e. The summed E-state index contributed by atoms with van der Waals surface area (Å²) in [6.07, 6.45) is 0.623. The molecule has 0 spiro atoms. The Hall–Kier alpha value is -1.73. The first-order valence-electron chi connectivity index (χ1n) is 11.3. The van der Waals surface area contributed by atoms with Crippen LogP contribution in [-0.2, 0) is 15.1 Å². The number of likely N-dealkylation sites (N-methyl/N-ethyl adjacent to an activating group) is 1. The van der Waals surface area contributed by atoms with Crippen molar-refractivity contribution in [3.8, 4) is 0 Å². The predicted molar refractivity (Wildman–Crippen MR) is 130 cm³/mol. The summed E-state index contributed by atoms with van der Waals surface area (Å²) in [6, 6.07) is 7.94. The van der Waals surface area contributed by atoms with Gasteiger partial charge in [0.1, 0.15) is 17.7 Å². The molecule has 2 aromatic rings. The highest BCUT2D eigenvalue weighted by atomic mass is 35.5. The van der Waals surface area contributed by atoms with Crippen molar-refractivity contribution in [2.75, 3.05) is 7.05 Å². The number of esters is 1. The summed E-state index contributed by atoms with van der Waals surface area (Å²) in [6.45, 7) is 10.0. The number of halogens is 4. The third-order valence-corrected chi connectivity index (χ3v) is 7.60. The van der Waals surface area contributed by atoms with E-state index < -0.39 is 40.8 Å². The summed E-state index contributed by atoms with van der Waals surface area (Å²) >= 11 is 12.3. The molecule has 2 aliphatic heterocycles. The van der Waals surface area contributed by atoms with Gasteiger partial charge < -0.3 is 10.1 Å². The van der Waals surface area contributed by atoms with E-state index in [1.807, 2.05) is 18.7 Å². The Labute approximate surface area is 209 Å². The summed E-state index contributed by atoms with van der Waals surface area (Å²) in [5.41, 5.74) is -1.16. The molecule has 0 radical (unpaired) electrons. The van der Waals surface area contributed by atoms with Crippen LogP contribution in [0.25, 0.3) is 0 Å². The number of benzene rings is 2. The van der Waals surface area contributed by atoms with Crippen LogP contribution in [0.4, 0.5) is 8.78 Å². The van der Waals surface area contributed by atoms with E-state index in [0.717, 1.165) is 0 Å². The zero-order chi connectivity index (χ0) is 25.2. The Morgan fingerprint density at radius 2 is 1.76 bits per heavy atom. The number of nitrogens with zero attached hydrogens (tertiary/aromatic N) is 1. The molecular weight excluding hydrogens is 481 g/mol. The van der Waals surface area contributed by atoms with Crippen LogP contribution in [0.2, 0.25) is 10.0 Å². The molecule has 2 aliphatic rings. The lowest BCUT2D eigenvalue weighted by molar-refractivity contribution is -0.153. The molecule has 184 valence electrons. The molecule has 4 rings (SSSR count). The number of nitrogens with one attached hydrogen (secondary N) is 1. The molecule has 2 fully saturated rings. The second-order valence-corrected chi connectivity index (χ2v) is 11.7. The van der Waals surface area contributed by atoms with Crippen molar-refractivity contribution in [1.29, 1.82) is 0 Å². The van der Waals surface area contributed by atoms with Crippen molar-refractivity contribution in [2.24, 2.45) is 5.41 Å². The lowest BCUT2D eigenvalue weighted by atomic mass is 9.67. The Morgan fingerprint density at radius 3 is 2.32 bits per heavy atom. The summed E-state index contributed by atoms with van der Waals surface area (Å²) < 4.78 is 35.7. The molecule has 2 aromatic carbocycles. The van der Waals surface area contributed by atoms with Crippen LogP contribution in [0.5, 0.6) is 0 Å². The van der Waals surface area contributed by atoms with Gasteiger partial charge in [0, 0.05) is 22.5 Å². The molecule has 8 heteroatoms. The molecule has 1 N–H and O–H groups in total. The molecule has 0 aliphatic carbocycles. The normalized spacial score (nSPS) is 28.8. The Bertz CT molecular complexity index is 1130. The monoisotopic (exact) mass is 510 g/mol. The molecule has 34 heavy (non-hydrogen) atoms. The first kappa shape index (κ1) is 25.4. The van der Waals surface area contributed by atoms with Gasteiger partial charge in [0.05, 0.1) is 10.6 Å². The Balaban J connectivity index is 2.08. The van der Waals surface area contributed by atoms with Crippen molar-refractivity contribution < 1.29 is 18.3 Å². The van der Waals surface area contributed by atoms with Crippen molar-refractivity contribution >= 4 is 29.2 Å². The van der Waals surface area contributed by atoms with E-state index in [0.29, 0.717) is 17.5 Å². The van der Waals surface area contributed by atoms with Gasteiger partial charge in [0.15, 0.2) is 5.72 Å². The first-order chi connectivity index (χ1) is 15.7. The van der Waals surface area contributed by atoms with Crippen LogP contribution in [0.1, 0.15) is 58.1 Å². The summed E-state index contributed by atoms with van der Waals surface area (Å²) in [7, 11) is 1.77. The van der Waals surface area contributed by atoms with Gasteiger partial charge in [-0.15, -0.1) is 0 Å². The molecule has 2 saturated heterocycles. The van der Waals surface area contributed by atoms with Crippen LogP contribution in [0.3, 0.4) is 0 Å². The average molecular weight is 511 g/mol. The molecule has 0 aromatic heterocycles. The van der Waals surface area contributed by atoms with Crippen LogP contribution < -0.4 is 5.32 Å². The standard InChI is InChI=1S/C26H30Cl2F2N2O2/c1-24(2,3)13-20-26(31-6,16-9-8-15(27)12-19(16)30)21(14-7-10-18(29)17(28)11-14)22-23(33)34-25(4,5)32(20)22/h7-12,20-22,31H,13H2,1-6H3/t20-,21-,22+,26+/m0/s1. The van der Waals surface area contributed by atoms with E-state index in [1.54, 1.807) is 25.2 Å². The summed E-state index contributed by atoms with van der Waals surface area (Å²) in [5.74, 6) is -2.06. The van der Waals surface area contributed by atoms with Crippen molar-refractivity contribution in [3.05, 3.63) is 69.2 Å². The second-order valence-electron chi connectivity index (χ2n) is 10.9. The lowest BCUT2D eigenvalue weighted by Gasteiger charge is -2.46. The minimum atomic E-state index is -1.06. The summed E-state index contributed by atoms with van der Waals surface area (Å²) in [4.78, 5) is 15.4. The van der Waals surface area contributed by atoms with E-state index in [-0.39, 0.29) is 21.5 Å². The maximum Gasteiger partial charge on any atom is 0.325 e. The fourth-order valence-electron chi connectivity index (χ4n) is 5.97. The van der Waals surface area contributed by atoms with E-state index in [9.17, 15) is 9.18 Å². The Kier molecular flexibility index (Phi) is 6.30. The molecule has 0 unspecified atom stereocenters. The van der Waals surface area contributed by atoms with Gasteiger partial charge in [0.25, 0.3) is 0 Å². The van der Waals surface area contributed by atoms with Gasteiger partial charge in [0.2, 0.25) is 0 Å². The highest BCUT2D eigenvalue weighted by Gasteiger charge is 2.69. The molecular formula is C26H30Cl2F2N2O2. The smallest absolute Gasteiger partial charge is 0.325 e. The number of hydrogen-bond donors (Lipinski definition) is 1. The second kappa shape index (κ2) is 8.44. The molecule has 4 nitrogen and oxygen atoms in total. The van der Waals surface area contributed by atoms with Gasteiger partial charge in [-0.25, -0.2) is 13.7 Å². The predicted octanol–water partition coefficient (Wildman–Crippen LogP) is 6.25. The zero-order valence-corrected chi connectivity index (χ0v) is 21.7. The quantitative estimate of drug-likeness (QED) is 0.493. The van der Waals surface area contributed by atoms with Gasteiger partial charge in [-0.2, -0.15) is 0 Å². The average Bonchev–Trinajstić information content (AvgIpc) is 3.12. The number of fused-ring (bicyclic) bond motifs is 1. The number of carbonyl (C=O) groups is 1. The highest BCUT2D eigenvalue weighted by molar-refractivity contribution is 6.31. The minimum absolute atomic E-state index is 0.0597. The first-order valence-corrected chi connectivity index (χ1v) is 12.1. The number of hydrogen-bond acceptors (Lipinski definition) is 4. The van der Waals surface area contributed by atoms with Crippen LogP contribution in [-0.4, -0.2) is 35.7 Å². The fourth-order valence-corrected chi connectivity index (χ4v) is 6.32. The molecule has 4 atom stereocenters. The van der Waals surface area contributed by atoms with E-state index in [1.165, 1.54) is 18.2 Å². The fraction of sp³-hybridized carbons (Fsp3) is 0.500. The zero-order valence-electron chi connectivity index (χ0n) is 20.2. The molecule has 0 bridgehead atoms. The van der Waals surface area contributed by atoms with E-state index in [2.05, 4.69) is 26.1 Å². The van der Waals surface area contributed by atoms with Crippen molar-refractivity contribution in [1.82, 2.24) is 10.2 Å². The van der Waals surface area contributed by atoms with Gasteiger partial charge in [-0.3, -0.25) is 4.79 Å². The topological polar surface area (TPSA) is 41.6 Å². The third-order valence-electron chi connectivity index (χ3n) is 7.08. The van der Waals surface area contributed by atoms with Crippen molar-refractivity contribution in [3.63, 3.8) is 0 Å². The maximum absolute atomic E-state index is 15.7. The maximum atomic E-state index is 15.7. The largest absolute Gasteiger partial charge is 0.443 e. The van der Waals surface area contributed by atoms with Crippen LogP contribution in [0.15, 0.2) is 36.4 Å². The third kappa shape index (κ3) is 3.93. The van der Waals surface area contributed by atoms with Crippen LogP contribution in [0, 0.1) is 17.0 Å². The Morgan fingerprint density at radius 1 is 1.09 bits per heavy atom. The SMILES string of the molecule is CN[C@]1(c2ccc(Cl)cc2F)[C@H](CC(C)(C)C)N2[C@@H](C(=O)OC2(C)C)[C@@H]1c1ccc(F)c(Cl)c1.